The van der Waals surface area contributed by atoms with Gasteiger partial charge in [0, 0.05) is 17.6 Å². The quantitative estimate of drug-likeness (QED) is 0.780. The molecule has 1 amide bonds. The van der Waals surface area contributed by atoms with E-state index < -0.39 is 0 Å². The van der Waals surface area contributed by atoms with Crippen molar-refractivity contribution in [3.05, 3.63) is 60.3 Å². The Balaban J connectivity index is 1.74. The van der Waals surface area contributed by atoms with E-state index in [1.165, 1.54) is 0 Å². The van der Waals surface area contributed by atoms with Crippen molar-refractivity contribution in [2.45, 2.75) is 6.92 Å². The minimum atomic E-state index is -0.254. The van der Waals surface area contributed by atoms with Crippen molar-refractivity contribution in [3.63, 3.8) is 0 Å². The Kier molecular flexibility index (Phi) is 4.61. The van der Waals surface area contributed by atoms with Gasteiger partial charge in [0.15, 0.2) is 6.61 Å². The van der Waals surface area contributed by atoms with Gasteiger partial charge < -0.3 is 14.8 Å². The van der Waals surface area contributed by atoms with Gasteiger partial charge in [0.2, 0.25) is 0 Å². The predicted octanol–water partition coefficient (Wildman–Crippen LogP) is 3.57. The summed E-state index contributed by atoms with van der Waals surface area (Å²) in [4.78, 5) is 16.5. The minimum absolute atomic E-state index is 0.0748. The molecule has 3 aromatic rings. The number of pyridine rings is 1. The molecule has 0 spiro atoms. The Morgan fingerprint density at radius 1 is 1.12 bits per heavy atom. The number of aromatic nitrogens is 1. The van der Waals surface area contributed by atoms with Crippen LogP contribution in [0.3, 0.4) is 0 Å². The monoisotopic (exact) mass is 322 g/mol. The van der Waals surface area contributed by atoms with Gasteiger partial charge in [-0.2, -0.15) is 0 Å². The van der Waals surface area contributed by atoms with Crippen LogP contribution in [0.2, 0.25) is 0 Å². The van der Waals surface area contributed by atoms with Gasteiger partial charge in [0.25, 0.3) is 5.91 Å². The fourth-order valence-electron chi connectivity index (χ4n) is 2.35. The Hall–Kier alpha value is -3.08. The minimum Gasteiger partial charge on any atom is -0.497 e. The molecule has 2 aromatic carbocycles. The number of hydrogen-bond donors (Lipinski definition) is 1. The van der Waals surface area contributed by atoms with Crippen LogP contribution in [-0.4, -0.2) is 24.6 Å². The number of nitrogens with one attached hydrogen (secondary N) is 1. The second-order valence-electron chi connectivity index (χ2n) is 5.40. The maximum Gasteiger partial charge on any atom is 0.262 e. The highest BCUT2D eigenvalue weighted by Gasteiger charge is 2.10. The summed E-state index contributed by atoms with van der Waals surface area (Å²) in [5.41, 5.74) is 2.45. The summed E-state index contributed by atoms with van der Waals surface area (Å²) in [7, 11) is 1.59. The maximum atomic E-state index is 12.2. The van der Waals surface area contributed by atoms with Crippen LogP contribution in [0.15, 0.2) is 54.7 Å². The fourth-order valence-corrected chi connectivity index (χ4v) is 2.35. The predicted molar refractivity (Wildman–Crippen MR) is 93.6 cm³/mol. The zero-order valence-electron chi connectivity index (χ0n) is 13.6. The van der Waals surface area contributed by atoms with E-state index in [1.807, 2.05) is 49.4 Å². The van der Waals surface area contributed by atoms with Gasteiger partial charge in [-0.15, -0.1) is 0 Å². The number of hydrogen-bond acceptors (Lipinski definition) is 4. The molecule has 1 heterocycles. The van der Waals surface area contributed by atoms with Crippen LogP contribution in [0.25, 0.3) is 10.9 Å². The van der Waals surface area contributed by atoms with Gasteiger partial charge in [0.1, 0.15) is 11.5 Å². The van der Waals surface area contributed by atoms with Crippen LogP contribution in [0.4, 0.5) is 5.69 Å². The lowest BCUT2D eigenvalue weighted by atomic mass is 10.1. The Bertz CT molecular complexity index is 860. The van der Waals surface area contributed by atoms with Crippen LogP contribution < -0.4 is 14.8 Å². The first-order valence-electron chi connectivity index (χ1n) is 7.58. The molecule has 0 atom stereocenters. The van der Waals surface area contributed by atoms with Crippen molar-refractivity contribution in [3.8, 4) is 11.5 Å². The molecule has 0 saturated carbocycles. The number of benzene rings is 2. The number of anilines is 1. The van der Waals surface area contributed by atoms with E-state index in [0.717, 1.165) is 10.9 Å². The smallest absolute Gasteiger partial charge is 0.262 e. The van der Waals surface area contributed by atoms with E-state index in [0.29, 0.717) is 22.7 Å². The van der Waals surface area contributed by atoms with E-state index in [4.69, 9.17) is 9.47 Å². The molecule has 0 aliphatic carbocycles. The molecule has 5 heteroatoms. The van der Waals surface area contributed by atoms with Crippen molar-refractivity contribution >= 4 is 22.5 Å². The van der Waals surface area contributed by atoms with E-state index in [1.54, 1.807) is 19.4 Å². The summed E-state index contributed by atoms with van der Waals surface area (Å²) >= 11 is 0. The molecule has 5 nitrogen and oxygen atoms in total. The second kappa shape index (κ2) is 7.00. The van der Waals surface area contributed by atoms with Gasteiger partial charge in [0.05, 0.1) is 18.3 Å². The molecule has 122 valence electrons. The van der Waals surface area contributed by atoms with Crippen LogP contribution in [-0.2, 0) is 4.79 Å². The molecule has 0 radical (unpaired) electrons. The molecule has 0 fully saturated rings. The first-order chi connectivity index (χ1) is 11.7. The highest BCUT2D eigenvalue weighted by Crippen LogP contribution is 2.27. The SMILES string of the molecule is COc1cc(NC(=O)COc2ccc(C)cc2)c2ncccc2c1. The second-order valence-corrected chi connectivity index (χ2v) is 5.40. The number of ether oxygens (including phenoxy) is 2. The van der Waals surface area contributed by atoms with Crippen LogP contribution in [0, 0.1) is 6.92 Å². The first kappa shape index (κ1) is 15.8. The lowest BCUT2D eigenvalue weighted by Crippen LogP contribution is -2.20. The zero-order chi connectivity index (χ0) is 16.9. The van der Waals surface area contributed by atoms with Crippen molar-refractivity contribution in [1.82, 2.24) is 4.98 Å². The highest BCUT2D eigenvalue weighted by molar-refractivity contribution is 6.01. The molecule has 0 aliphatic rings. The maximum absolute atomic E-state index is 12.2. The molecule has 0 aliphatic heterocycles. The summed E-state index contributed by atoms with van der Waals surface area (Å²) in [6.07, 6.45) is 1.69. The van der Waals surface area contributed by atoms with Crippen LogP contribution in [0.1, 0.15) is 5.56 Å². The number of rotatable bonds is 5. The molecule has 1 N–H and O–H groups in total. The van der Waals surface area contributed by atoms with Crippen molar-refractivity contribution in [2.24, 2.45) is 0 Å². The third-order valence-corrected chi connectivity index (χ3v) is 3.58. The number of nitrogens with zero attached hydrogens (tertiary/aromatic N) is 1. The summed E-state index contributed by atoms with van der Waals surface area (Å²) in [6, 6.07) is 14.9. The van der Waals surface area contributed by atoms with E-state index >= 15 is 0 Å². The van der Waals surface area contributed by atoms with Crippen LogP contribution >= 0.6 is 0 Å². The Labute approximate surface area is 140 Å². The summed E-state index contributed by atoms with van der Waals surface area (Å²) in [5, 5.41) is 3.73. The molecule has 0 saturated heterocycles. The average molecular weight is 322 g/mol. The molecule has 0 unspecified atom stereocenters. The largest absolute Gasteiger partial charge is 0.497 e. The number of fused-ring (bicyclic) bond motifs is 1. The number of amides is 1. The summed E-state index contributed by atoms with van der Waals surface area (Å²) in [5.74, 6) is 1.06. The van der Waals surface area contributed by atoms with Gasteiger partial charge in [-0.3, -0.25) is 9.78 Å². The molecule has 1 aromatic heterocycles. The zero-order valence-corrected chi connectivity index (χ0v) is 13.6. The van der Waals surface area contributed by atoms with Gasteiger partial charge in [-0.1, -0.05) is 23.8 Å². The Morgan fingerprint density at radius 3 is 2.67 bits per heavy atom. The van der Waals surface area contributed by atoms with E-state index in [-0.39, 0.29) is 12.5 Å². The number of carbonyl (C=O) groups excluding carboxylic acids is 1. The summed E-state index contributed by atoms with van der Waals surface area (Å²) in [6.45, 7) is 1.92. The third kappa shape index (κ3) is 3.63. The van der Waals surface area contributed by atoms with Gasteiger partial charge >= 0.3 is 0 Å². The van der Waals surface area contributed by atoms with E-state index in [9.17, 15) is 4.79 Å². The van der Waals surface area contributed by atoms with Crippen molar-refractivity contribution in [1.29, 1.82) is 0 Å². The molecular weight excluding hydrogens is 304 g/mol. The standard InChI is InChI=1S/C19H18N2O3/c1-13-5-7-15(8-6-13)24-12-18(22)21-17-11-16(23-2)10-14-4-3-9-20-19(14)17/h3-11H,12H2,1-2H3,(H,21,22). The van der Waals surface area contributed by atoms with Gasteiger partial charge in [-0.05, 0) is 31.2 Å². The number of methoxy groups -OCH3 is 1. The molecule has 24 heavy (non-hydrogen) atoms. The average Bonchev–Trinajstić information content (AvgIpc) is 2.61. The lowest BCUT2D eigenvalue weighted by molar-refractivity contribution is -0.118. The van der Waals surface area contributed by atoms with Crippen molar-refractivity contribution in [2.75, 3.05) is 19.0 Å². The highest BCUT2D eigenvalue weighted by atomic mass is 16.5. The first-order valence-corrected chi connectivity index (χ1v) is 7.58. The van der Waals surface area contributed by atoms with Crippen molar-refractivity contribution < 1.29 is 14.3 Å². The summed E-state index contributed by atoms with van der Waals surface area (Å²) < 4.78 is 10.8. The Morgan fingerprint density at radius 2 is 1.92 bits per heavy atom. The lowest BCUT2D eigenvalue weighted by Gasteiger charge is -2.11. The topological polar surface area (TPSA) is 60.5 Å². The van der Waals surface area contributed by atoms with E-state index in [2.05, 4.69) is 10.3 Å². The number of carbonyl (C=O) groups is 1. The number of aryl methyl sites for hydroxylation is 1. The molecular formula is C19H18N2O3. The van der Waals surface area contributed by atoms with Gasteiger partial charge in [-0.25, -0.2) is 0 Å². The fraction of sp³-hybridized carbons (Fsp3) is 0.158. The van der Waals surface area contributed by atoms with Crippen LogP contribution in [0.5, 0.6) is 11.5 Å². The molecule has 0 bridgehead atoms. The normalized spacial score (nSPS) is 10.4. The third-order valence-electron chi connectivity index (χ3n) is 3.58. The molecule has 3 rings (SSSR count).